The van der Waals surface area contributed by atoms with Gasteiger partial charge < -0.3 is 15.2 Å². The second kappa shape index (κ2) is 9.07. The lowest BCUT2D eigenvalue weighted by Crippen LogP contribution is -2.10. The third-order valence-electron chi connectivity index (χ3n) is 4.66. The Hall–Kier alpha value is -2.89. The minimum atomic E-state index is -0.579. The standard InChI is InChI=1S/C23H21ClFNO3/c1-14(28)26-18-8-6-15(7-9-18)20(13-27)19-10-11-21(29-2)22(23(19)25)16-4-3-5-17(24)12-16/h3-12,20,27H,13H2,1-2H3,(H,26,28). The summed E-state index contributed by atoms with van der Waals surface area (Å²) in [5.74, 6) is -0.850. The highest BCUT2D eigenvalue weighted by Crippen LogP contribution is 2.39. The van der Waals surface area contributed by atoms with Gasteiger partial charge in [0.15, 0.2) is 0 Å². The summed E-state index contributed by atoms with van der Waals surface area (Å²) in [6.45, 7) is 1.15. The van der Waals surface area contributed by atoms with Crippen molar-refractivity contribution in [3.05, 3.63) is 82.6 Å². The van der Waals surface area contributed by atoms with Crippen LogP contribution in [0.2, 0.25) is 5.02 Å². The first kappa shape index (κ1) is 20.8. The van der Waals surface area contributed by atoms with Gasteiger partial charge in [0, 0.05) is 23.6 Å². The second-order valence-electron chi connectivity index (χ2n) is 6.59. The second-order valence-corrected chi connectivity index (χ2v) is 7.03. The van der Waals surface area contributed by atoms with Gasteiger partial charge in [-0.1, -0.05) is 41.9 Å². The number of benzene rings is 3. The van der Waals surface area contributed by atoms with Crippen molar-refractivity contribution < 1.29 is 19.0 Å². The van der Waals surface area contributed by atoms with Crippen molar-refractivity contribution in [1.29, 1.82) is 0 Å². The molecule has 2 N–H and O–H groups in total. The van der Waals surface area contributed by atoms with Gasteiger partial charge in [0.1, 0.15) is 11.6 Å². The molecule has 0 spiro atoms. The summed E-state index contributed by atoms with van der Waals surface area (Å²) in [6, 6.07) is 17.1. The summed E-state index contributed by atoms with van der Waals surface area (Å²) in [7, 11) is 1.48. The molecule has 0 saturated heterocycles. The van der Waals surface area contributed by atoms with E-state index >= 15 is 4.39 Å². The Morgan fingerprint density at radius 1 is 1.17 bits per heavy atom. The maximum Gasteiger partial charge on any atom is 0.221 e. The fraction of sp³-hybridized carbons (Fsp3) is 0.174. The number of amides is 1. The number of hydrogen-bond acceptors (Lipinski definition) is 3. The molecule has 3 aromatic rings. The van der Waals surface area contributed by atoms with Gasteiger partial charge in [0.2, 0.25) is 5.91 Å². The maximum atomic E-state index is 15.6. The number of aliphatic hydroxyl groups excluding tert-OH is 1. The molecule has 0 aliphatic carbocycles. The van der Waals surface area contributed by atoms with Crippen molar-refractivity contribution >= 4 is 23.2 Å². The van der Waals surface area contributed by atoms with Crippen LogP contribution in [-0.4, -0.2) is 24.7 Å². The fourth-order valence-corrected chi connectivity index (χ4v) is 3.50. The summed E-state index contributed by atoms with van der Waals surface area (Å²) in [5.41, 5.74) is 2.58. The molecule has 0 aliphatic rings. The average molecular weight is 414 g/mol. The van der Waals surface area contributed by atoms with Gasteiger partial charge in [0.05, 0.1) is 19.3 Å². The van der Waals surface area contributed by atoms with E-state index in [-0.39, 0.29) is 12.5 Å². The zero-order valence-electron chi connectivity index (χ0n) is 16.1. The van der Waals surface area contributed by atoms with Crippen molar-refractivity contribution in [1.82, 2.24) is 0 Å². The number of rotatable bonds is 6. The van der Waals surface area contributed by atoms with E-state index in [0.717, 1.165) is 5.56 Å². The number of halogens is 2. The first-order valence-electron chi connectivity index (χ1n) is 9.05. The number of carbonyl (C=O) groups is 1. The van der Waals surface area contributed by atoms with E-state index < -0.39 is 11.7 Å². The predicted molar refractivity (Wildman–Crippen MR) is 113 cm³/mol. The summed E-state index contributed by atoms with van der Waals surface area (Å²) >= 11 is 6.09. The normalized spacial score (nSPS) is 11.8. The van der Waals surface area contributed by atoms with Gasteiger partial charge in [0.25, 0.3) is 0 Å². The van der Waals surface area contributed by atoms with Crippen LogP contribution in [0.4, 0.5) is 10.1 Å². The monoisotopic (exact) mass is 413 g/mol. The van der Waals surface area contributed by atoms with Crippen molar-refractivity contribution in [2.45, 2.75) is 12.8 Å². The predicted octanol–water partition coefficient (Wildman–Crippen LogP) is 5.24. The Kier molecular flexibility index (Phi) is 6.52. The molecule has 0 radical (unpaired) electrons. The molecule has 3 rings (SSSR count). The highest BCUT2D eigenvalue weighted by Gasteiger charge is 2.23. The molecule has 150 valence electrons. The quantitative estimate of drug-likeness (QED) is 0.581. The van der Waals surface area contributed by atoms with Gasteiger partial charge in [-0.15, -0.1) is 0 Å². The smallest absolute Gasteiger partial charge is 0.221 e. The highest BCUT2D eigenvalue weighted by molar-refractivity contribution is 6.30. The summed E-state index contributed by atoms with van der Waals surface area (Å²) < 4.78 is 21.0. The first-order valence-corrected chi connectivity index (χ1v) is 9.43. The summed E-state index contributed by atoms with van der Waals surface area (Å²) in [5, 5.41) is 13.2. The third-order valence-corrected chi connectivity index (χ3v) is 4.89. The number of hydrogen-bond donors (Lipinski definition) is 2. The SMILES string of the molecule is COc1ccc(C(CO)c2ccc(NC(C)=O)cc2)c(F)c1-c1cccc(Cl)c1. The van der Waals surface area contributed by atoms with E-state index in [1.165, 1.54) is 14.0 Å². The van der Waals surface area contributed by atoms with Crippen molar-refractivity contribution in [3.63, 3.8) is 0 Å². The van der Waals surface area contributed by atoms with Crippen LogP contribution in [0.15, 0.2) is 60.7 Å². The van der Waals surface area contributed by atoms with Crippen molar-refractivity contribution in [3.8, 4) is 16.9 Å². The Morgan fingerprint density at radius 2 is 1.90 bits per heavy atom. The van der Waals surface area contributed by atoms with Crippen LogP contribution in [0.5, 0.6) is 5.75 Å². The van der Waals surface area contributed by atoms with E-state index in [0.29, 0.717) is 33.1 Å². The molecule has 1 unspecified atom stereocenters. The van der Waals surface area contributed by atoms with Crippen LogP contribution < -0.4 is 10.1 Å². The maximum absolute atomic E-state index is 15.6. The minimum absolute atomic E-state index is 0.177. The van der Waals surface area contributed by atoms with Crippen LogP contribution in [-0.2, 0) is 4.79 Å². The largest absolute Gasteiger partial charge is 0.496 e. The number of ether oxygens (including phenoxy) is 1. The minimum Gasteiger partial charge on any atom is -0.496 e. The first-order chi connectivity index (χ1) is 13.9. The van der Waals surface area contributed by atoms with E-state index in [2.05, 4.69) is 5.32 Å². The van der Waals surface area contributed by atoms with E-state index in [9.17, 15) is 9.90 Å². The van der Waals surface area contributed by atoms with Gasteiger partial charge in [-0.2, -0.15) is 0 Å². The molecule has 0 heterocycles. The molecule has 0 aliphatic heterocycles. The molecular weight excluding hydrogens is 393 g/mol. The molecule has 0 saturated carbocycles. The van der Waals surface area contributed by atoms with Crippen LogP contribution in [0.3, 0.4) is 0 Å². The topological polar surface area (TPSA) is 58.6 Å². The Bertz CT molecular complexity index is 1020. The molecule has 3 aromatic carbocycles. The van der Waals surface area contributed by atoms with E-state index in [4.69, 9.17) is 16.3 Å². The Labute approximate surface area is 173 Å². The van der Waals surface area contributed by atoms with Crippen molar-refractivity contribution in [2.75, 3.05) is 19.0 Å². The van der Waals surface area contributed by atoms with Gasteiger partial charge in [-0.3, -0.25) is 4.79 Å². The van der Waals surface area contributed by atoms with Crippen LogP contribution in [0, 0.1) is 5.82 Å². The zero-order chi connectivity index (χ0) is 21.0. The van der Waals surface area contributed by atoms with E-state index in [1.54, 1.807) is 60.7 Å². The number of methoxy groups -OCH3 is 1. The summed E-state index contributed by atoms with van der Waals surface area (Å²) in [6.07, 6.45) is 0. The van der Waals surface area contributed by atoms with Crippen LogP contribution in [0.25, 0.3) is 11.1 Å². The van der Waals surface area contributed by atoms with Gasteiger partial charge >= 0.3 is 0 Å². The molecular formula is C23H21ClFNO3. The molecule has 1 amide bonds. The highest BCUT2D eigenvalue weighted by atomic mass is 35.5. The molecule has 0 aromatic heterocycles. The summed E-state index contributed by atoms with van der Waals surface area (Å²) in [4.78, 5) is 11.2. The van der Waals surface area contributed by atoms with Crippen LogP contribution >= 0.6 is 11.6 Å². The Morgan fingerprint density at radius 3 is 2.48 bits per heavy atom. The number of carbonyl (C=O) groups excluding carboxylic acids is 1. The van der Waals surface area contributed by atoms with Crippen LogP contribution in [0.1, 0.15) is 24.0 Å². The van der Waals surface area contributed by atoms with Gasteiger partial charge in [-0.25, -0.2) is 4.39 Å². The lowest BCUT2D eigenvalue weighted by Gasteiger charge is -2.20. The average Bonchev–Trinajstić information content (AvgIpc) is 2.70. The fourth-order valence-electron chi connectivity index (χ4n) is 3.31. The lowest BCUT2D eigenvalue weighted by molar-refractivity contribution is -0.114. The zero-order valence-corrected chi connectivity index (χ0v) is 16.8. The number of nitrogens with one attached hydrogen (secondary N) is 1. The number of anilines is 1. The molecule has 0 bridgehead atoms. The van der Waals surface area contributed by atoms with E-state index in [1.807, 2.05) is 0 Å². The molecule has 29 heavy (non-hydrogen) atoms. The Balaban J connectivity index is 2.07. The lowest BCUT2D eigenvalue weighted by atomic mass is 9.88. The number of aliphatic hydroxyl groups is 1. The van der Waals surface area contributed by atoms with Gasteiger partial charge in [-0.05, 0) is 47.0 Å². The molecule has 1 atom stereocenters. The molecule has 0 fully saturated rings. The molecule has 6 heteroatoms. The third kappa shape index (κ3) is 4.58. The molecule has 4 nitrogen and oxygen atoms in total. The van der Waals surface area contributed by atoms with Crippen molar-refractivity contribution in [2.24, 2.45) is 0 Å².